The van der Waals surface area contributed by atoms with Gasteiger partial charge in [0.2, 0.25) is 5.91 Å². The fourth-order valence-electron chi connectivity index (χ4n) is 4.61. The van der Waals surface area contributed by atoms with Gasteiger partial charge in [0.1, 0.15) is 11.5 Å². The molecule has 0 unspecified atom stereocenters. The van der Waals surface area contributed by atoms with Gasteiger partial charge in [0.25, 0.3) is 0 Å². The summed E-state index contributed by atoms with van der Waals surface area (Å²) in [7, 11) is 1.62. The van der Waals surface area contributed by atoms with Crippen LogP contribution in [0.15, 0.2) is 48.5 Å². The Morgan fingerprint density at radius 1 is 1.11 bits per heavy atom. The molecule has 190 valence electrons. The highest BCUT2D eigenvalue weighted by Crippen LogP contribution is 2.38. The fourth-order valence-corrected chi connectivity index (χ4v) is 4.61. The van der Waals surface area contributed by atoms with Gasteiger partial charge in [-0.3, -0.25) is 4.79 Å². The minimum Gasteiger partial charge on any atom is -0.507 e. The Hall–Kier alpha value is -3.81. The zero-order chi connectivity index (χ0) is 25.7. The maximum absolute atomic E-state index is 13.2. The molecule has 8 nitrogen and oxygen atoms in total. The number of anilines is 1. The number of amides is 2. The second-order valence-corrected chi connectivity index (χ2v) is 9.73. The smallest absolute Gasteiger partial charge is 0.342 e. The van der Waals surface area contributed by atoms with Gasteiger partial charge in [-0.05, 0) is 54.7 Å². The summed E-state index contributed by atoms with van der Waals surface area (Å²) in [5, 5.41) is 21.1. The molecule has 0 atom stereocenters. The average Bonchev–Trinajstić information content (AvgIpc) is 3.52. The van der Waals surface area contributed by atoms with E-state index >= 15 is 0 Å². The van der Waals surface area contributed by atoms with Gasteiger partial charge in [0.05, 0.1) is 18.5 Å². The van der Waals surface area contributed by atoms with Crippen LogP contribution in [-0.2, 0) is 11.3 Å². The highest BCUT2D eigenvalue weighted by Gasteiger charge is 2.26. The van der Waals surface area contributed by atoms with Crippen molar-refractivity contribution in [2.75, 3.05) is 12.4 Å². The number of hydrogen-bond acceptors (Lipinski definition) is 5. The number of ether oxygens (including phenoxy) is 1. The molecular weight excluding hydrogens is 456 g/mol. The van der Waals surface area contributed by atoms with E-state index in [1.165, 1.54) is 10.7 Å². The molecule has 1 aliphatic rings. The quantitative estimate of drug-likeness (QED) is 0.378. The van der Waals surface area contributed by atoms with Crippen LogP contribution >= 0.6 is 0 Å². The van der Waals surface area contributed by atoms with Crippen molar-refractivity contribution in [3.63, 3.8) is 0 Å². The summed E-state index contributed by atoms with van der Waals surface area (Å²) in [6.07, 6.45) is 4.65. The molecule has 1 aliphatic carbocycles. The van der Waals surface area contributed by atoms with E-state index in [9.17, 15) is 14.7 Å². The minimum absolute atomic E-state index is 0.00129. The maximum atomic E-state index is 13.2. The van der Waals surface area contributed by atoms with E-state index in [1.807, 2.05) is 44.2 Å². The molecule has 0 bridgehead atoms. The van der Waals surface area contributed by atoms with Crippen LogP contribution in [0.1, 0.15) is 63.1 Å². The lowest BCUT2D eigenvalue weighted by Gasteiger charge is -2.12. The molecule has 0 aliphatic heterocycles. The molecule has 0 radical (unpaired) electrons. The van der Waals surface area contributed by atoms with Crippen molar-refractivity contribution in [1.82, 2.24) is 15.1 Å². The summed E-state index contributed by atoms with van der Waals surface area (Å²) >= 11 is 0. The molecule has 2 amide bonds. The number of carbonyl (C=O) groups is 2. The number of aromatic hydroxyl groups is 1. The van der Waals surface area contributed by atoms with Crippen LogP contribution in [0.2, 0.25) is 0 Å². The Morgan fingerprint density at radius 2 is 1.83 bits per heavy atom. The molecule has 4 rings (SSSR count). The number of methoxy groups -OCH3 is 1. The first kappa shape index (κ1) is 25.3. The predicted octanol–water partition coefficient (Wildman–Crippen LogP) is 5.66. The van der Waals surface area contributed by atoms with Crippen LogP contribution in [0.5, 0.6) is 11.5 Å². The number of carbonyl (C=O) groups excluding carboxylic acids is 2. The van der Waals surface area contributed by atoms with Gasteiger partial charge >= 0.3 is 6.03 Å². The van der Waals surface area contributed by atoms with Crippen molar-refractivity contribution in [2.45, 2.75) is 58.4 Å². The number of phenolic OH excluding ortho intramolecular Hbond substituents is 1. The van der Waals surface area contributed by atoms with Crippen molar-refractivity contribution in [1.29, 1.82) is 0 Å². The Balaban J connectivity index is 1.55. The Bertz CT molecular complexity index is 1210. The highest BCUT2D eigenvalue weighted by molar-refractivity contribution is 5.91. The second kappa shape index (κ2) is 11.3. The van der Waals surface area contributed by atoms with Gasteiger partial charge in [-0.2, -0.15) is 9.78 Å². The molecule has 8 heteroatoms. The normalized spacial score (nSPS) is 13.7. The molecule has 0 spiro atoms. The largest absolute Gasteiger partial charge is 0.507 e. The second-order valence-electron chi connectivity index (χ2n) is 9.73. The number of benzene rings is 2. The van der Waals surface area contributed by atoms with Crippen molar-refractivity contribution < 1.29 is 19.4 Å². The summed E-state index contributed by atoms with van der Waals surface area (Å²) < 4.78 is 6.63. The molecule has 36 heavy (non-hydrogen) atoms. The lowest BCUT2D eigenvalue weighted by atomic mass is 10.0. The van der Waals surface area contributed by atoms with E-state index in [2.05, 4.69) is 15.7 Å². The van der Waals surface area contributed by atoms with E-state index in [4.69, 9.17) is 4.74 Å². The molecule has 0 saturated heterocycles. The van der Waals surface area contributed by atoms with Crippen LogP contribution in [0.3, 0.4) is 0 Å². The van der Waals surface area contributed by atoms with E-state index in [-0.39, 0.29) is 29.5 Å². The molecule has 1 aromatic heterocycles. The van der Waals surface area contributed by atoms with Gasteiger partial charge in [-0.1, -0.05) is 38.8 Å². The summed E-state index contributed by atoms with van der Waals surface area (Å²) in [5.74, 6) is 1.15. The third-order valence-corrected chi connectivity index (χ3v) is 6.46. The zero-order valence-electron chi connectivity index (χ0n) is 21.1. The Morgan fingerprint density at radius 3 is 2.47 bits per heavy atom. The van der Waals surface area contributed by atoms with Gasteiger partial charge < -0.3 is 20.5 Å². The number of nitrogens with zero attached hydrogens (tertiary/aromatic N) is 2. The summed E-state index contributed by atoms with van der Waals surface area (Å²) in [6.45, 7) is 4.31. The first-order valence-electron chi connectivity index (χ1n) is 12.5. The van der Waals surface area contributed by atoms with Crippen LogP contribution in [0, 0.1) is 5.92 Å². The fraction of sp³-hybridized carbons (Fsp3) is 0.393. The van der Waals surface area contributed by atoms with Crippen molar-refractivity contribution in [3.8, 4) is 22.8 Å². The predicted molar refractivity (Wildman–Crippen MR) is 139 cm³/mol. The topological polar surface area (TPSA) is 105 Å². The summed E-state index contributed by atoms with van der Waals surface area (Å²) in [5.41, 5.74) is 3.36. The number of hydrogen-bond donors (Lipinski definition) is 3. The first-order valence-corrected chi connectivity index (χ1v) is 12.5. The van der Waals surface area contributed by atoms with Crippen molar-refractivity contribution in [2.24, 2.45) is 5.92 Å². The monoisotopic (exact) mass is 490 g/mol. The van der Waals surface area contributed by atoms with E-state index in [0.29, 0.717) is 29.9 Å². The standard InChI is InChI=1S/C28H34N4O4/c1-18(2)14-27(34)30-21-10-13-23(26(33)15-21)24-16-25(20-6-4-5-7-20)32(31-24)28(35)29-17-19-8-11-22(36-3)12-9-19/h8-13,15-16,18,20,33H,4-7,14,17H2,1-3H3,(H,29,35)(H,30,34). The van der Waals surface area contributed by atoms with Crippen LogP contribution in [0.25, 0.3) is 11.3 Å². The summed E-state index contributed by atoms with van der Waals surface area (Å²) in [4.78, 5) is 25.3. The maximum Gasteiger partial charge on any atom is 0.342 e. The van der Waals surface area contributed by atoms with Gasteiger partial charge in [0.15, 0.2) is 0 Å². The molecule has 1 fully saturated rings. The summed E-state index contributed by atoms with van der Waals surface area (Å²) in [6, 6.07) is 14.1. The molecule has 3 N–H and O–H groups in total. The zero-order valence-corrected chi connectivity index (χ0v) is 21.1. The van der Waals surface area contributed by atoms with Gasteiger partial charge in [-0.15, -0.1) is 0 Å². The Labute approximate surface area is 211 Å². The van der Waals surface area contributed by atoms with E-state index in [1.54, 1.807) is 19.2 Å². The highest BCUT2D eigenvalue weighted by atomic mass is 16.5. The van der Waals surface area contributed by atoms with Crippen LogP contribution in [-0.4, -0.2) is 33.9 Å². The minimum atomic E-state index is -0.309. The number of aromatic nitrogens is 2. The van der Waals surface area contributed by atoms with Crippen LogP contribution < -0.4 is 15.4 Å². The molecular formula is C28H34N4O4. The third kappa shape index (κ3) is 6.05. The van der Waals surface area contributed by atoms with Crippen molar-refractivity contribution in [3.05, 3.63) is 59.8 Å². The molecule has 1 saturated carbocycles. The van der Waals surface area contributed by atoms with Gasteiger partial charge in [0, 0.05) is 36.2 Å². The Kier molecular flexibility index (Phi) is 7.93. The molecule has 2 aromatic carbocycles. The number of phenols is 1. The van der Waals surface area contributed by atoms with E-state index < -0.39 is 0 Å². The number of rotatable bonds is 8. The third-order valence-electron chi connectivity index (χ3n) is 6.46. The average molecular weight is 491 g/mol. The van der Waals surface area contributed by atoms with Crippen molar-refractivity contribution >= 4 is 17.6 Å². The van der Waals surface area contributed by atoms with E-state index in [0.717, 1.165) is 42.7 Å². The lowest BCUT2D eigenvalue weighted by Crippen LogP contribution is -2.30. The van der Waals surface area contributed by atoms with Gasteiger partial charge in [-0.25, -0.2) is 4.79 Å². The SMILES string of the molecule is COc1ccc(CNC(=O)n2nc(-c3ccc(NC(=O)CC(C)C)cc3O)cc2C2CCCC2)cc1. The molecule has 1 heterocycles. The molecule has 3 aromatic rings. The number of nitrogens with one attached hydrogen (secondary N) is 2. The van der Waals surface area contributed by atoms with Crippen LogP contribution in [0.4, 0.5) is 10.5 Å². The first-order chi connectivity index (χ1) is 17.3. The lowest BCUT2D eigenvalue weighted by molar-refractivity contribution is -0.116.